The second-order valence-electron chi connectivity index (χ2n) is 4.48. The van der Waals surface area contributed by atoms with Crippen molar-refractivity contribution in [3.05, 3.63) is 23.8 Å². The summed E-state index contributed by atoms with van der Waals surface area (Å²) in [7, 11) is 1.57. The lowest BCUT2D eigenvalue weighted by Crippen LogP contribution is -2.30. The van der Waals surface area contributed by atoms with Crippen molar-refractivity contribution in [2.45, 2.75) is 31.3 Å². The largest absolute Gasteiger partial charge is 0.493 e. The first-order valence-corrected chi connectivity index (χ1v) is 6.03. The van der Waals surface area contributed by atoms with Crippen molar-refractivity contribution in [3.8, 4) is 23.8 Å². The van der Waals surface area contributed by atoms with Crippen LogP contribution in [0.2, 0.25) is 0 Å². The SMILES string of the molecule is C#CC1(Oc2cc(C=O)ccc2OC)CCCC1. The molecule has 3 nitrogen and oxygen atoms in total. The average Bonchev–Trinajstić information content (AvgIpc) is 2.88. The lowest BCUT2D eigenvalue weighted by molar-refractivity contribution is 0.111. The molecule has 1 aromatic rings. The van der Waals surface area contributed by atoms with E-state index in [1.807, 2.05) is 0 Å². The molecule has 1 fully saturated rings. The smallest absolute Gasteiger partial charge is 0.169 e. The number of benzene rings is 1. The highest BCUT2D eigenvalue weighted by Gasteiger charge is 2.34. The Labute approximate surface area is 107 Å². The second-order valence-corrected chi connectivity index (χ2v) is 4.48. The van der Waals surface area contributed by atoms with Crippen molar-refractivity contribution >= 4 is 6.29 Å². The van der Waals surface area contributed by atoms with Crippen molar-refractivity contribution in [2.75, 3.05) is 7.11 Å². The Morgan fingerprint density at radius 1 is 1.33 bits per heavy atom. The molecule has 0 bridgehead atoms. The van der Waals surface area contributed by atoms with E-state index >= 15 is 0 Å². The van der Waals surface area contributed by atoms with Gasteiger partial charge in [-0.1, -0.05) is 5.92 Å². The van der Waals surface area contributed by atoms with Crippen molar-refractivity contribution in [1.82, 2.24) is 0 Å². The average molecular weight is 244 g/mol. The molecule has 0 heterocycles. The summed E-state index contributed by atoms with van der Waals surface area (Å²) in [6.45, 7) is 0. The Morgan fingerprint density at radius 3 is 2.61 bits per heavy atom. The van der Waals surface area contributed by atoms with Crippen LogP contribution in [0.5, 0.6) is 11.5 Å². The first kappa shape index (κ1) is 12.5. The molecule has 1 saturated carbocycles. The van der Waals surface area contributed by atoms with Gasteiger partial charge in [0, 0.05) is 5.56 Å². The van der Waals surface area contributed by atoms with E-state index in [1.165, 1.54) is 0 Å². The lowest BCUT2D eigenvalue weighted by atomic mass is 10.0. The van der Waals surface area contributed by atoms with E-state index in [9.17, 15) is 4.79 Å². The minimum Gasteiger partial charge on any atom is -0.493 e. The van der Waals surface area contributed by atoms with E-state index in [0.29, 0.717) is 17.1 Å². The first-order valence-electron chi connectivity index (χ1n) is 6.03. The zero-order chi connectivity index (χ0) is 13.0. The Kier molecular flexibility index (Phi) is 3.57. The van der Waals surface area contributed by atoms with Gasteiger partial charge in [-0.05, 0) is 43.9 Å². The number of ether oxygens (including phenoxy) is 2. The molecule has 0 spiro atoms. The highest BCUT2D eigenvalue weighted by Crippen LogP contribution is 2.37. The van der Waals surface area contributed by atoms with Gasteiger partial charge in [0.1, 0.15) is 6.29 Å². The highest BCUT2D eigenvalue weighted by atomic mass is 16.5. The predicted octanol–water partition coefficient (Wildman–Crippen LogP) is 2.83. The Morgan fingerprint density at radius 2 is 2.06 bits per heavy atom. The highest BCUT2D eigenvalue weighted by molar-refractivity contribution is 5.76. The minimum atomic E-state index is -0.547. The molecule has 1 aromatic carbocycles. The summed E-state index contributed by atoms with van der Waals surface area (Å²) < 4.78 is 11.2. The summed E-state index contributed by atoms with van der Waals surface area (Å²) in [4.78, 5) is 10.8. The van der Waals surface area contributed by atoms with Crippen LogP contribution in [0, 0.1) is 12.3 Å². The third kappa shape index (κ3) is 2.33. The fourth-order valence-electron chi connectivity index (χ4n) is 2.28. The van der Waals surface area contributed by atoms with Crippen LogP contribution in [0.25, 0.3) is 0 Å². The zero-order valence-corrected chi connectivity index (χ0v) is 10.4. The summed E-state index contributed by atoms with van der Waals surface area (Å²) in [5.74, 6) is 3.89. The van der Waals surface area contributed by atoms with E-state index in [2.05, 4.69) is 5.92 Å². The van der Waals surface area contributed by atoms with Crippen LogP contribution in [-0.2, 0) is 0 Å². The molecule has 3 heteroatoms. The molecular weight excluding hydrogens is 228 g/mol. The van der Waals surface area contributed by atoms with Gasteiger partial charge >= 0.3 is 0 Å². The van der Waals surface area contributed by atoms with Crippen molar-refractivity contribution in [3.63, 3.8) is 0 Å². The van der Waals surface area contributed by atoms with Gasteiger partial charge in [-0.15, -0.1) is 6.42 Å². The maximum Gasteiger partial charge on any atom is 0.169 e. The molecule has 2 rings (SSSR count). The number of aldehydes is 1. The standard InChI is InChI=1S/C15H16O3/c1-3-15(8-4-5-9-15)18-14-10-12(11-16)6-7-13(14)17-2/h1,6-7,10-11H,4-5,8-9H2,2H3. The predicted molar refractivity (Wildman–Crippen MR) is 69.0 cm³/mol. The molecule has 0 radical (unpaired) electrons. The number of hydrogen-bond donors (Lipinski definition) is 0. The van der Waals surface area contributed by atoms with E-state index < -0.39 is 5.60 Å². The van der Waals surface area contributed by atoms with Gasteiger partial charge in [0.15, 0.2) is 17.1 Å². The fraction of sp³-hybridized carbons (Fsp3) is 0.400. The molecule has 94 valence electrons. The topological polar surface area (TPSA) is 35.5 Å². The lowest BCUT2D eigenvalue weighted by Gasteiger charge is -2.25. The number of hydrogen-bond acceptors (Lipinski definition) is 3. The van der Waals surface area contributed by atoms with E-state index in [4.69, 9.17) is 15.9 Å². The maximum atomic E-state index is 10.8. The molecule has 0 amide bonds. The fourth-order valence-corrected chi connectivity index (χ4v) is 2.28. The zero-order valence-electron chi connectivity index (χ0n) is 10.4. The quantitative estimate of drug-likeness (QED) is 0.603. The number of carbonyl (C=O) groups is 1. The van der Waals surface area contributed by atoms with Gasteiger partial charge in [0.2, 0.25) is 0 Å². The van der Waals surface area contributed by atoms with Crippen molar-refractivity contribution in [1.29, 1.82) is 0 Å². The van der Waals surface area contributed by atoms with Gasteiger partial charge in [0.05, 0.1) is 7.11 Å². The maximum absolute atomic E-state index is 10.8. The number of rotatable bonds is 4. The molecular formula is C15H16O3. The van der Waals surface area contributed by atoms with Crippen LogP contribution < -0.4 is 9.47 Å². The van der Waals surface area contributed by atoms with Gasteiger partial charge in [-0.3, -0.25) is 4.79 Å². The summed E-state index contributed by atoms with van der Waals surface area (Å²) in [5, 5.41) is 0. The molecule has 1 aliphatic carbocycles. The number of carbonyl (C=O) groups excluding carboxylic acids is 1. The van der Waals surface area contributed by atoms with Crippen molar-refractivity contribution < 1.29 is 14.3 Å². The summed E-state index contributed by atoms with van der Waals surface area (Å²) >= 11 is 0. The molecule has 0 saturated heterocycles. The second kappa shape index (κ2) is 5.14. The minimum absolute atomic E-state index is 0.543. The van der Waals surface area contributed by atoms with Crippen molar-refractivity contribution in [2.24, 2.45) is 0 Å². The van der Waals surface area contributed by atoms with E-state index in [-0.39, 0.29) is 0 Å². The summed E-state index contributed by atoms with van der Waals surface area (Å²) in [6.07, 6.45) is 10.2. The Bertz CT molecular complexity index is 479. The monoisotopic (exact) mass is 244 g/mol. The van der Waals surface area contributed by atoms with Gasteiger partial charge in [-0.2, -0.15) is 0 Å². The summed E-state index contributed by atoms with van der Waals surface area (Å²) in [6, 6.07) is 5.08. The molecule has 0 N–H and O–H groups in total. The number of terminal acetylenes is 1. The van der Waals surface area contributed by atoms with Crippen LogP contribution in [-0.4, -0.2) is 19.0 Å². The summed E-state index contributed by atoms with van der Waals surface area (Å²) in [5.41, 5.74) is 0.00498. The van der Waals surface area contributed by atoms with E-state index in [0.717, 1.165) is 32.0 Å². The van der Waals surface area contributed by atoms with Crippen LogP contribution in [0.15, 0.2) is 18.2 Å². The molecule has 18 heavy (non-hydrogen) atoms. The molecule has 0 unspecified atom stereocenters. The molecule has 1 aliphatic rings. The van der Waals surface area contributed by atoms with Crippen LogP contribution in [0.4, 0.5) is 0 Å². The van der Waals surface area contributed by atoms with E-state index in [1.54, 1.807) is 25.3 Å². The molecule has 0 aromatic heterocycles. The molecule has 0 atom stereocenters. The molecule has 0 aliphatic heterocycles. The van der Waals surface area contributed by atoms with Gasteiger partial charge < -0.3 is 9.47 Å². The van der Waals surface area contributed by atoms with Gasteiger partial charge in [-0.25, -0.2) is 0 Å². The third-order valence-corrected chi connectivity index (χ3v) is 3.30. The first-order chi connectivity index (χ1) is 8.73. The Hall–Kier alpha value is -1.95. The normalized spacial score (nSPS) is 16.9. The third-order valence-electron chi connectivity index (χ3n) is 3.30. The Balaban J connectivity index is 2.32. The van der Waals surface area contributed by atoms with Crippen LogP contribution in [0.1, 0.15) is 36.0 Å². The number of methoxy groups -OCH3 is 1. The van der Waals surface area contributed by atoms with Gasteiger partial charge in [0.25, 0.3) is 0 Å². The van der Waals surface area contributed by atoms with Crippen LogP contribution in [0.3, 0.4) is 0 Å². The van der Waals surface area contributed by atoms with Crippen LogP contribution >= 0.6 is 0 Å².